The quantitative estimate of drug-likeness (QED) is 0.255. The molecule has 6 heteroatoms. The second-order valence-corrected chi connectivity index (χ2v) is 7.28. The second kappa shape index (κ2) is 12.8. The zero-order valence-electron chi connectivity index (χ0n) is 16.9. The zero-order chi connectivity index (χ0) is 20.9. The van der Waals surface area contributed by atoms with E-state index in [1.165, 1.54) is 56.9 Å². The Bertz CT molecular complexity index is 808. The van der Waals surface area contributed by atoms with E-state index in [4.69, 9.17) is 16.3 Å². The number of hydrazone groups is 1. The Labute approximate surface area is 177 Å². The van der Waals surface area contributed by atoms with Gasteiger partial charge in [0, 0.05) is 0 Å². The molecule has 0 unspecified atom stereocenters. The van der Waals surface area contributed by atoms with Gasteiger partial charge in [-0.15, -0.1) is 0 Å². The fourth-order valence-electron chi connectivity index (χ4n) is 2.85. The van der Waals surface area contributed by atoms with E-state index in [9.17, 15) is 9.90 Å². The molecule has 2 aromatic carbocycles. The summed E-state index contributed by atoms with van der Waals surface area (Å²) in [6.45, 7) is 2.87. The molecule has 1 amide bonds. The van der Waals surface area contributed by atoms with Gasteiger partial charge >= 0.3 is 0 Å². The van der Waals surface area contributed by atoms with Crippen LogP contribution in [0.1, 0.15) is 67.8 Å². The van der Waals surface area contributed by atoms with Crippen molar-refractivity contribution in [2.75, 3.05) is 6.61 Å². The summed E-state index contributed by atoms with van der Waals surface area (Å²) >= 11 is 6.28. The van der Waals surface area contributed by atoms with Crippen molar-refractivity contribution in [3.63, 3.8) is 0 Å². The number of phenols is 1. The van der Waals surface area contributed by atoms with Gasteiger partial charge in [-0.3, -0.25) is 4.79 Å². The number of hydrogen-bond acceptors (Lipinski definition) is 4. The summed E-state index contributed by atoms with van der Waals surface area (Å²) in [5, 5.41) is 14.1. The van der Waals surface area contributed by atoms with Crippen molar-refractivity contribution in [3.05, 3.63) is 58.6 Å². The van der Waals surface area contributed by atoms with E-state index in [0.29, 0.717) is 17.4 Å². The van der Waals surface area contributed by atoms with Gasteiger partial charge in [-0.25, -0.2) is 5.43 Å². The number of hydrogen-bond donors (Lipinski definition) is 2. The highest BCUT2D eigenvalue weighted by Gasteiger charge is 2.08. The van der Waals surface area contributed by atoms with Crippen molar-refractivity contribution < 1.29 is 14.6 Å². The molecule has 2 N–H and O–H groups in total. The smallest absolute Gasteiger partial charge is 0.275 e. The van der Waals surface area contributed by atoms with Gasteiger partial charge in [-0.2, -0.15) is 5.10 Å². The Morgan fingerprint density at radius 2 is 1.83 bits per heavy atom. The first-order chi connectivity index (χ1) is 14.1. The predicted molar refractivity (Wildman–Crippen MR) is 118 cm³/mol. The Hall–Kier alpha value is -2.53. The third-order valence-electron chi connectivity index (χ3n) is 4.49. The fourth-order valence-corrected chi connectivity index (χ4v) is 3.09. The molecule has 0 atom stereocenters. The highest BCUT2D eigenvalue weighted by molar-refractivity contribution is 6.32. The molecule has 156 valence electrons. The number of phenolic OH excluding ortho intramolecular Hbond substituents is 1. The first-order valence-corrected chi connectivity index (χ1v) is 10.5. The van der Waals surface area contributed by atoms with Crippen LogP contribution in [-0.4, -0.2) is 23.8 Å². The number of carbonyl (C=O) groups excluding carboxylic acids is 1. The van der Waals surface area contributed by atoms with Crippen molar-refractivity contribution in [3.8, 4) is 11.5 Å². The molecule has 0 bridgehead atoms. The minimum absolute atomic E-state index is 0.0919. The van der Waals surface area contributed by atoms with Gasteiger partial charge in [0.1, 0.15) is 11.5 Å². The minimum atomic E-state index is -0.486. The minimum Gasteiger partial charge on any atom is -0.507 e. The van der Waals surface area contributed by atoms with E-state index >= 15 is 0 Å². The number of amides is 1. The van der Waals surface area contributed by atoms with Gasteiger partial charge in [-0.05, 0) is 42.3 Å². The number of unbranched alkanes of at least 4 members (excludes halogenated alkanes) is 6. The molecule has 5 nitrogen and oxygen atoms in total. The molecular formula is C23H29ClN2O3. The highest BCUT2D eigenvalue weighted by atomic mass is 35.5. The summed E-state index contributed by atoms with van der Waals surface area (Å²) in [6.07, 6.45) is 10.1. The van der Waals surface area contributed by atoms with Crippen LogP contribution in [0.5, 0.6) is 11.5 Å². The Morgan fingerprint density at radius 1 is 1.10 bits per heavy atom. The van der Waals surface area contributed by atoms with Crippen LogP contribution in [-0.2, 0) is 0 Å². The van der Waals surface area contributed by atoms with Gasteiger partial charge in [0.25, 0.3) is 5.91 Å². The Kier molecular flexibility index (Phi) is 10.1. The van der Waals surface area contributed by atoms with Crippen LogP contribution in [0.15, 0.2) is 47.6 Å². The van der Waals surface area contributed by atoms with Crippen molar-refractivity contribution in [2.45, 2.75) is 51.9 Å². The average molecular weight is 417 g/mol. The number of aromatic hydroxyl groups is 1. The van der Waals surface area contributed by atoms with Crippen LogP contribution in [0.25, 0.3) is 0 Å². The normalized spacial score (nSPS) is 11.0. The van der Waals surface area contributed by atoms with Crippen molar-refractivity contribution in [1.29, 1.82) is 0 Å². The van der Waals surface area contributed by atoms with Crippen LogP contribution in [0.3, 0.4) is 0 Å². The standard InChI is InChI=1S/C23H29ClN2O3/c1-2-3-4-5-6-7-10-15-29-22-14-13-18(16-20(22)24)17-25-26-23(28)19-11-8-9-12-21(19)27/h8-9,11-14,16-17,27H,2-7,10,15H2,1H3,(H,26,28)/b25-17-. The second-order valence-electron chi connectivity index (χ2n) is 6.88. The van der Waals surface area contributed by atoms with Crippen molar-refractivity contribution in [2.24, 2.45) is 5.10 Å². The van der Waals surface area contributed by atoms with E-state index in [0.717, 1.165) is 12.0 Å². The summed E-state index contributed by atoms with van der Waals surface area (Å²) in [5.41, 5.74) is 3.28. The third kappa shape index (κ3) is 8.16. The van der Waals surface area contributed by atoms with Gasteiger partial charge in [-0.1, -0.05) is 69.2 Å². The van der Waals surface area contributed by atoms with Crippen molar-refractivity contribution in [1.82, 2.24) is 5.43 Å². The van der Waals surface area contributed by atoms with Crippen LogP contribution < -0.4 is 10.2 Å². The molecular weight excluding hydrogens is 388 g/mol. The number of para-hydroxylation sites is 1. The fraction of sp³-hybridized carbons (Fsp3) is 0.391. The zero-order valence-corrected chi connectivity index (χ0v) is 17.6. The predicted octanol–water partition coefficient (Wildman–Crippen LogP) is 5.94. The number of ether oxygens (including phenoxy) is 1. The van der Waals surface area contributed by atoms with Gasteiger partial charge < -0.3 is 9.84 Å². The third-order valence-corrected chi connectivity index (χ3v) is 4.79. The lowest BCUT2D eigenvalue weighted by molar-refractivity contribution is 0.0952. The van der Waals surface area contributed by atoms with Crippen LogP contribution in [0.2, 0.25) is 5.02 Å². The topological polar surface area (TPSA) is 70.9 Å². The molecule has 2 rings (SSSR count). The lowest BCUT2D eigenvalue weighted by Gasteiger charge is -2.08. The molecule has 0 aliphatic rings. The molecule has 0 saturated heterocycles. The van der Waals surface area contributed by atoms with Gasteiger partial charge in [0.15, 0.2) is 0 Å². The molecule has 0 spiro atoms. The highest BCUT2D eigenvalue weighted by Crippen LogP contribution is 2.25. The van der Waals surface area contributed by atoms with E-state index in [-0.39, 0.29) is 11.3 Å². The maximum absolute atomic E-state index is 12.0. The van der Waals surface area contributed by atoms with E-state index in [2.05, 4.69) is 17.5 Å². The molecule has 2 aromatic rings. The monoisotopic (exact) mass is 416 g/mol. The lowest BCUT2D eigenvalue weighted by atomic mass is 10.1. The molecule has 0 fully saturated rings. The van der Waals surface area contributed by atoms with Crippen LogP contribution in [0, 0.1) is 0 Å². The largest absolute Gasteiger partial charge is 0.507 e. The van der Waals surface area contributed by atoms with Gasteiger partial charge in [0.2, 0.25) is 0 Å². The number of nitrogens with one attached hydrogen (secondary N) is 1. The van der Waals surface area contributed by atoms with Crippen LogP contribution in [0.4, 0.5) is 0 Å². The number of rotatable bonds is 12. The van der Waals surface area contributed by atoms with E-state index in [1.807, 2.05) is 6.07 Å². The molecule has 0 radical (unpaired) electrons. The maximum atomic E-state index is 12.0. The van der Waals surface area contributed by atoms with Gasteiger partial charge in [0.05, 0.1) is 23.4 Å². The first-order valence-electron chi connectivity index (χ1n) is 10.2. The summed E-state index contributed by atoms with van der Waals surface area (Å²) in [4.78, 5) is 12.0. The van der Waals surface area contributed by atoms with Crippen LogP contribution >= 0.6 is 11.6 Å². The van der Waals surface area contributed by atoms with E-state index in [1.54, 1.807) is 24.3 Å². The number of carbonyl (C=O) groups is 1. The summed E-state index contributed by atoms with van der Waals surface area (Å²) < 4.78 is 5.76. The van der Waals surface area contributed by atoms with Crippen molar-refractivity contribution >= 4 is 23.7 Å². The number of nitrogens with zero attached hydrogens (tertiary/aromatic N) is 1. The SMILES string of the molecule is CCCCCCCCCOc1ccc(/C=N\NC(=O)c2ccccc2O)cc1Cl. The summed E-state index contributed by atoms with van der Waals surface area (Å²) in [6, 6.07) is 11.6. The number of benzene rings is 2. The number of halogens is 1. The Balaban J connectivity index is 1.75. The lowest BCUT2D eigenvalue weighted by Crippen LogP contribution is -2.17. The average Bonchev–Trinajstić information content (AvgIpc) is 2.71. The summed E-state index contributed by atoms with van der Waals surface area (Å²) in [7, 11) is 0. The molecule has 0 aliphatic carbocycles. The molecule has 0 aromatic heterocycles. The Morgan fingerprint density at radius 3 is 2.55 bits per heavy atom. The molecule has 0 saturated carbocycles. The molecule has 0 aliphatic heterocycles. The first kappa shape index (κ1) is 22.8. The molecule has 29 heavy (non-hydrogen) atoms. The summed E-state index contributed by atoms with van der Waals surface area (Å²) in [5.74, 6) is 0.0684. The molecule has 0 heterocycles. The maximum Gasteiger partial charge on any atom is 0.275 e. The van der Waals surface area contributed by atoms with E-state index < -0.39 is 5.91 Å².